The molecule has 1 aliphatic heterocycles. The maximum absolute atomic E-state index is 4.47. The van der Waals surface area contributed by atoms with Crippen molar-refractivity contribution in [3.8, 4) is 0 Å². The SMILES string of the molecule is C/C=C(\C=NC(C)C)N1CCCN(C)CC1. The minimum absolute atomic E-state index is 0.379. The molecule has 0 radical (unpaired) electrons. The molecule has 1 saturated heterocycles. The van der Waals surface area contributed by atoms with Crippen LogP contribution in [0.15, 0.2) is 16.8 Å². The summed E-state index contributed by atoms with van der Waals surface area (Å²) in [6.45, 7) is 10.9. The summed E-state index contributed by atoms with van der Waals surface area (Å²) in [5.74, 6) is 0. The lowest BCUT2D eigenvalue weighted by molar-refractivity contribution is 0.332. The van der Waals surface area contributed by atoms with Crippen LogP contribution in [-0.4, -0.2) is 55.3 Å². The molecule has 0 saturated carbocycles. The number of hydrogen-bond acceptors (Lipinski definition) is 3. The van der Waals surface area contributed by atoms with Crippen molar-refractivity contribution in [1.29, 1.82) is 0 Å². The zero-order valence-electron chi connectivity index (χ0n) is 11.1. The Balaban J connectivity index is 2.59. The Labute approximate surface area is 99.8 Å². The van der Waals surface area contributed by atoms with Crippen LogP contribution in [0, 0.1) is 0 Å². The lowest BCUT2D eigenvalue weighted by atomic mass is 10.3. The van der Waals surface area contributed by atoms with E-state index in [0.29, 0.717) is 6.04 Å². The van der Waals surface area contributed by atoms with E-state index in [0.717, 1.165) is 19.6 Å². The van der Waals surface area contributed by atoms with Gasteiger partial charge in [0.25, 0.3) is 0 Å². The highest BCUT2D eigenvalue weighted by Crippen LogP contribution is 2.08. The quantitative estimate of drug-likeness (QED) is 0.682. The largest absolute Gasteiger partial charge is 0.369 e. The van der Waals surface area contributed by atoms with Crippen LogP contribution in [-0.2, 0) is 0 Å². The maximum atomic E-state index is 4.47. The van der Waals surface area contributed by atoms with Crippen LogP contribution in [0.4, 0.5) is 0 Å². The molecule has 1 aliphatic rings. The van der Waals surface area contributed by atoms with Gasteiger partial charge in [-0.1, -0.05) is 6.08 Å². The number of hydrogen-bond donors (Lipinski definition) is 0. The van der Waals surface area contributed by atoms with Gasteiger partial charge < -0.3 is 9.80 Å². The van der Waals surface area contributed by atoms with E-state index in [1.165, 1.54) is 18.7 Å². The second-order valence-electron chi connectivity index (χ2n) is 4.73. The molecule has 0 amide bonds. The maximum Gasteiger partial charge on any atom is 0.0504 e. The van der Waals surface area contributed by atoms with E-state index >= 15 is 0 Å². The third-order valence-corrected chi connectivity index (χ3v) is 2.89. The Hall–Kier alpha value is -0.830. The van der Waals surface area contributed by atoms with Crippen molar-refractivity contribution >= 4 is 6.21 Å². The molecule has 1 rings (SSSR count). The smallest absolute Gasteiger partial charge is 0.0504 e. The fourth-order valence-electron chi connectivity index (χ4n) is 1.87. The van der Waals surface area contributed by atoms with Crippen molar-refractivity contribution in [2.75, 3.05) is 33.2 Å². The number of likely N-dealkylation sites (N-methyl/N-ethyl adjacent to an activating group) is 1. The van der Waals surface area contributed by atoms with E-state index in [1.807, 2.05) is 6.21 Å². The number of rotatable bonds is 3. The molecule has 0 spiro atoms. The van der Waals surface area contributed by atoms with Crippen molar-refractivity contribution in [1.82, 2.24) is 9.80 Å². The van der Waals surface area contributed by atoms with Crippen LogP contribution in [0.1, 0.15) is 27.2 Å². The molecule has 92 valence electrons. The molecule has 0 aromatic carbocycles. The van der Waals surface area contributed by atoms with Crippen LogP contribution >= 0.6 is 0 Å². The summed E-state index contributed by atoms with van der Waals surface area (Å²) >= 11 is 0. The molecule has 0 bridgehead atoms. The van der Waals surface area contributed by atoms with Crippen LogP contribution in [0.5, 0.6) is 0 Å². The summed E-state index contributed by atoms with van der Waals surface area (Å²) in [6.07, 6.45) is 5.43. The molecule has 0 N–H and O–H groups in total. The van der Waals surface area contributed by atoms with Crippen molar-refractivity contribution in [3.63, 3.8) is 0 Å². The van der Waals surface area contributed by atoms with Crippen molar-refractivity contribution in [3.05, 3.63) is 11.8 Å². The number of allylic oxidation sites excluding steroid dienone is 2. The fraction of sp³-hybridized carbons (Fsp3) is 0.769. The monoisotopic (exact) mass is 223 g/mol. The van der Waals surface area contributed by atoms with Crippen molar-refractivity contribution < 1.29 is 0 Å². The molecule has 0 atom stereocenters. The van der Waals surface area contributed by atoms with Gasteiger partial charge in [0.15, 0.2) is 0 Å². The lowest BCUT2D eigenvalue weighted by Crippen LogP contribution is -2.29. The average Bonchev–Trinajstić information content (AvgIpc) is 2.44. The second-order valence-corrected chi connectivity index (χ2v) is 4.73. The first-order valence-corrected chi connectivity index (χ1v) is 6.26. The van der Waals surface area contributed by atoms with E-state index < -0.39 is 0 Å². The van der Waals surface area contributed by atoms with Gasteiger partial charge in [-0.15, -0.1) is 0 Å². The van der Waals surface area contributed by atoms with Gasteiger partial charge in [-0.3, -0.25) is 4.99 Å². The molecule has 16 heavy (non-hydrogen) atoms. The van der Waals surface area contributed by atoms with Gasteiger partial charge in [0, 0.05) is 31.9 Å². The van der Waals surface area contributed by atoms with E-state index in [1.54, 1.807) is 0 Å². The molecule has 0 aromatic rings. The third kappa shape index (κ3) is 4.35. The topological polar surface area (TPSA) is 18.8 Å². The minimum Gasteiger partial charge on any atom is -0.369 e. The van der Waals surface area contributed by atoms with Gasteiger partial charge in [-0.25, -0.2) is 0 Å². The summed E-state index contributed by atoms with van der Waals surface area (Å²) in [4.78, 5) is 9.31. The highest BCUT2D eigenvalue weighted by molar-refractivity contribution is 5.77. The van der Waals surface area contributed by atoms with E-state index in [-0.39, 0.29) is 0 Å². The van der Waals surface area contributed by atoms with Gasteiger partial charge in [0.05, 0.1) is 5.70 Å². The standard InChI is InChI=1S/C13H25N3/c1-5-13(11-14-12(2)3)16-8-6-7-15(4)9-10-16/h5,11-12H,6-10H2,1-4H3/b13-5+,14-11?. The Bertz CT molecular complexity index is 256. The molecule has 3 nitrogen and oxygen atoms in total. The molecule has 1 fully saturated rings. The van der Waals surface area contributed by atoms with E-state index in [4.69, 9.17) is 0 Å². The first kappa shape index (κ1) is 13.2. The summed E-state index contributed by atoms with van der Waals surface area (Å²) in [7, 11) is 2.20. The van der Waals surface area contributed by atoms with Gasteiger partial charge in [0.1, 0.15) is 0 Å². The van der Waals surface area contributed by atoms with Gasteiger partial charge in [-0.05, 0) is 40.8 Å². The fourth-order valence-corrected chi connectivity index (χ4v) is 1.87. The zero-order valence-corrected chi connectivity index (χ0v) is 11.1. The van der Waals surface area contributed by atoms with Crippen LogP contribution in [0.3, 0.4) is 0 Å². The Morgan fingerprint density at radius 1 is 1.19 bits per heavy atom. The van der Waals surface area contributed by atoms with Gasteiger partial charge in [0.2, 0.25) is 0 Å². The minimum atomic E-state index is 0.379. The molecule has 0 aliphatic carbocycles. The molecular formula is C13H25N3. The highest BCUT2D eigenvalue weighted by atomic mass is 15.2. The van der Waals surface area contributed by atoms with Gasteiger partial charge >= 0.3 is 0 Å². The molecule has 0 aromatic heterocycles. The Kier molecular flexibility index (Phi) is 5.53. The van der Waals surface area contributed by atoms with Gasteiger partial charge in [-0.2, -0.15) is 0 Å². The third-order valence-electron chi connectivity index (χ3n) is 2.89. The lowest BCUT2D eigenvalue weighted by Gasteiger charge is -2.23. The van der Waals surface area contributed by atoms with Crippen molar-refractivity contribution in [2.45, 2.75) is 33.2 Å². The van der Waals surface area contributed by atoms with Crippen LogP contribution in [0.25, 0.3) is 0 Å². The highest BCUT2D eigenvalue weighted by Gasteiger charge is 2.12. The summed E-state index contributed by atoms with van der Waals surface area (Å²) in [5.41, 5.74) is 1.27. The van der Waals surface area contributed by atoms with Crippen LogP contribution in [0.2, 0.25) is 0 Å². The number of aliphatic imine (C=N–C) groups is 1. The normalized spacial score (nSPS) is 20.8. The Morgan fingerprint density at radius 3 is 2.56 bits per heavy atom. The van der Waals surface area contributed by atoms with E-state index in [2.05, 4.69) is 48.7 Å². The van der Waals surface area contributed by atoms with Crippen LogP contribution < -0.4 is 0 Å². The molecule has 0 unspecified atom stereocenters. The summed E-state index contributed by atoms with van der Waals surface area (Å²) in [5, 5.41) is 0. The van der Waals surface area contributed by atoms with E-state index in [9.17, 15) is 0 Å². The van der Waals surface area contributed by atoms with Crippen molar-refractivity contribution in [2.24, 2.45) is 4.99 Å². The summed E-state index contributed by atoms with van der Waals surface area (Å²) in [6, 6.07) is 0.379. The average molecular weight is 223 g/mol. The first-order chi connectivity index (χ1) is 7.63. The molecular weight excluding hydrogens is 198 g/mol. The molecule has 1 heterocycles. The second kappa shape index (κ2) is 6.69. The Morgan fingerprint density at radius 2 is 1.94 bits per heavy atom. The summed E-state index contributed by atoms with van der Waals surface area (Å²) < 4.78 is 0. The predicted molar refractivity (Wildman–Crippen MR) is 71.1 cm³/mol. The predicted octanol–water partition coefficient (Wildman–Crippen LogP) is 2.01. The molecule has 3 heteroatoms. The zero-order chi connectivity index (χ0) is 12.0. The first-order valence-electron chi connectivity index (χ1n) is 6.26. The number of nitrogens with zero attached hydrogens (tertiary/aromatic N) is 3.